The Bertz CT molecular complexity index is 3510. The van der Waals surface area contributed by atoms with Gasteiger partial charge in [-0.3, -0.25) is 0 Å². The van der Waals surface area contributed by atoms with E-state index in [0.29, 0.717) is 0 Å². The molecular formula is C65H58BN3. The molecule has 4 heteroatoms. The summed E-state index contributed by atoms with van der Waals surface area (Å²) in [6, 6.07) is 73.5. The second-order valence-corrected chi connectivity index (χ2v) is 21.7. The van der Waals surface area contributed by atoms with Gasteiger partial charge in [0.15, 0.2) is 0 Å². The van der Waals surface area contributed by atoms with Crippen molar-refractivity contribution in [2.45, 2.75) is 83.6 Å². The molecule has 3 heterocycles. The van der Waals surface area contributed by atoms with Gasteiger partial charge in [-0.15, -0.1) is 0 Å². The van der Waals surface area contributed by atoms with Crippen molar-refractivity contribution in [3.05, 3.63) is 211 Å². The minimum Gasteiger partial charge on any atom is -0.335 e. The fourth-order valence-corrected chi connectivity index (χ4v) is 13.2. The van der Waals surface area contributed by atoms with Crippen molar-refractivity contribution in [3.8, 4) is 22.3 Å². The van der Waals surface area contributed by atoms with Gasteiger partial charge in [0, 0.05) is 50.8 Å². The second-order valence-electron chi connectivity index (χ2n) is 21.7. The highest BCUT2D eigenvalue weighted by atomic mass is 15.3. The molecule has 1 aliphatic carbocycles. The maximum absolute atomic E-state index is 2.83. The predicted molar refractivity (Wildman–Crippen MR) is 295 cm³/mol. The first-order valence-electron chi connectivity index (χ1n) is 25.2. The van der Waals surface area contributed by atoms with Gasteiger partial charge in [0.05, 0.1) is 11.2 Å². The number of hydrogen-bond acceptors (Lipinski definition) is 3. The maximum Gasteiger partial charge on any atom is 0.252 e. The number of anilines is 8. The Morgan fingerprint density at radius 2 is 1.25 bits per heavy atom. The molecule has 0 saturated heterocycles. The zero-order valence-electron chi connectivity index (χ0n) is 40.7. The molecule has 1 saturated carbocycles. The standard InChI is InChI=1S/C65H58BN3/c1-43-38-59-61-60(39-43)69-62-54(64(5)36-15-16-37-65(64,69)6)30-19-31-56(62)66(61)55-34-33-50(42-58(55)68(59)48-25-11-8-12-26-48)67(57-35-32-47(63(2,3)4)41-53(57)45-20-9-7-10-21-45)49-27-17-24-46(40-49)52-29-18-23-44-22-13-14-28-51(44)52/h7-14,17-35,38-42H,15-16,36-37H2,1-6H3. The van der Waals surface area contributed by atoms with Gasteiger partial charge in [0.25, 0.3) is 6.71 Å². The van der Waals surface area contributed by atoms with E-state index in [9.17, 15) is 0 Å². The molecule has 3 aliphatic heterocycles. The van der Waals surface area contributed by atoms with Gasteiger partial charge >= 0.3 is 0 Å². The third-order valence-electron chi connectivity index (χ3n) is 16.8. The number of para-hydroxylation sites is 2. The molecule has 336 valence electrons. The van der Waals surface area contributed by atoms with E-state index in [0.717, 1.165) is 17.1 Å². The number of rotatable bonds is 6. The van der Waals surface area contributed by atoms with E-state index >= 15 is 0 Å². The van der Waals surface area contributed by atoms with Gasteiger partial charge in [-0.2, -0.15) is 0 Å². The summed E-state index contributed by atoms with van der Waals surface area (Å²) in [5.41, 5.74) is 23.0. The molecule has 0 spiro atoms. The van der Waals surface area contributed by atoms with E-state index in [1.807, 2.05) is 0 Å². The summed E-state index contributed by atoms with van der Waals surface area (Å²) in [6.45, 7) is 14.5. The summed E-state index contributed by atoms with van der Waals surface area (Å²) >= 11 is 0. The van der Waals surface area contributed by atoms with Crippen molar-refractivity contribution in [1.29, 1.82) is 0 Å². The van der Waals surface area contributed by atoms with Gasteiger partial charge in [0.1, 0.15) is 0 Å². The average Bonchev–Trinajstić information content (AvgIpc) is 3.59. The van der Waals surface area contributed by atoms with Crippen LogP contribution in [-0.4, -0.2) is 12.3 Å². The van der Waals surface area contributed by atoms with E-state index in [1.54, 1.807) is 0 Å². The minimum absolute atomic E-state index is 0.0159. The molecule has 0 radical (unpaired) electrons. The molecule has 9 aromatic carbocycles. The van der Waals surface area contributed by atoms with E-state index < -0.39 is 0 Å². The minimum atomic E-state index is -0.0344. The van der Waals surface area contributed by atoms with Crippen LogP contribution in [0.2, 0.25) is 0 Å². The molecule has 0 amide bonds. The third-order valence-corrected chi connectivity index (χ3v) is 16.8. The molecule has 9 aromatic rings. The smallest absolute Gasteiger partial charge is 0.252 e. The number of fused-ring (bicyclic) bond motifs is 8. The molecule has 69 heavy (non-hydrogen) atoms. The normalized spacial score (nSPS) is 18.7. The lowest BCUT2D eigenvalue weighted by Crippen LogP contribution is -2.64. The van der Waals surface area contributed by atoms with Gasteiger partial charge in [0.2, 0.25) is 0 Å². The van der Waals surface area contributed by atoms with Gasteiger partial charge in [-0.25, -0.2) is 0 Å². The summed E-state index contributed by atoms with van der Waals surface area (Å²) in [6.07, 6.45) is 4.94. The van der Waals surface area contributed by atoms with Crippen LogP contribution >= 0.6 is 0 Å². The molecule has 0 bridgehead atoms. The molecule has 1 fully saturated rings. The maximum atomic E-state index is 2.83. The highest BCUT2D eigenvalue weighted by Crippen LogP contribution is 2.62. The van der Waals surface area contributed by atoms with E-state index in [-0.39, 0.29) is 23.1 Å². The molecule has 13 rings (SSSR count). The Balaban J connectivity index is 1.08. The molecule has 3 nitrogen and oxygen atoms in total. The average molecular weight is 892 g/mol. The van der Waals surface area contributed by atoms with Gasteiger partial charge in [-0.05, 0) is 153 Å². The lowest BCUT2D eigenvalue weighted by Gasteiger charge is -2.52. The van der Waals surface area contributed by atoms with Crippen molar-refractivity contribution in [2.24, 2.45) is 0 Å². The fourth-order valence-electron chi connectivity index (χ4n) is 13.2. The molecule has 0 aromatic heterocycles. The lowest BCUT2D eigenvalue weighted by atomic mass is 9.33. The largest absolute Gasteiger partial charge is 0.335 e. The van der Waals surface area contributed by atoms with Crippen molar-refractivity contribution < 1.29 is 0 Å². The van der Waals surface area contributed by atoms with Crippen molar-refractivity contribution in [2.75, 3.05) is 14.7 Å². The number of nitrogens with zero attached hydrogens (tertiary/aromatic N) is 3. The van der Waals surface area contributed by atoms with Crippen LogP contribution in [0.1, 0.15) is 77.0 Å². The van der Waals surface area contributed by atoms with Crippen LogP contribution in [0, 0.1) is 6.92 Å². The Hall–Kier alpha value is -7.30. The zero-order chi connectivity index (χ0) is 46.8. The number of hydrogen-bond donors (Lipinski definition) is 0. The Labute approximate surface area is 408 Å². The third kappa shape index (κ3) is 6.20. The molecule has 0 N–H and O–H groups in total. The van der Waals surface area contributed by atoms with Gasteiger partial charge < -0.3 is 14.7 Å². The van der Waals surface area contributed by atoms with Crippen LogP contribution in [0.25, 0.3) is 33.0 Å². The van der Waals surface area contributed by atoms with Crippen LogP contribution in [0.15, 0.2) is 194 Å². The zero-order valence-corrected chi connectivity index (χ0v) is 40.7. The summed E-state index contributed by atoms with van der Waals surface area (Å²) < 4.78 is 0. The summed E-state index contributed by atoms with van der Waals surface area (Å²) in [4.78, 5) is 7.94. The molecular weight excluding hydrogens is 834 g/mol. The van der Waals surface area contributed by atoms with Crippen molar-refractivity contribution in [1.82, 2.24) is 0 Å². The van der Waals surface area contributed by atoms with Crippen molar-refractivity contribution in [3.63, 3.8) is 0 Å². The van der Waals surface area contributed by atoms with E-state index in [2.05, 4.69) is 250 Å². The molecule has 4 aliphatic rings. The first kappa shape index (κ1) is 41.9. The second kappa shape index (κ2) is 15.4. The van der Waals surface area contributed by atoms with Crippen LogP contribution < -0.4 is 31.1 Å². The number of aryl methyl sites for hydroxylation is 1. The monoisotopic (exact) mass is 891 g/mol. The van der Waals surface area contributed by atoms with E-state index in [1.165, 1.54) is 120 Å². The highest BCUT2D eigenvalue weighted by molar-refractivity contribution is 7.00. The van der Waals surface area contributed by atoms with Crippen LogP contribution in [0.4, 0.5) is 45.5 Å². The summed E-state index contributed by atoms with van der Waals surface area (Å²) in [7, 11) is 0. The molecule has 2 atom stereocenters. The Kier molecular flexibility index (Phi) is 9.32. The lowest BCUT2D eigenvalue weighted by molar-refractivity contribution is 0.195. The topological polar surface area (TPSA) is 9.72 Å². The quantitative estimate of drug-likeness (QED) is 0.154. The van der Waals surface area contributed by atoms with Crippen LogP contribution in [-0.2, 0) is 10.8 Å². The first-order valence-corrected chi connectivity index (χ1v) is 25.2. The Morgan fingerprint density at radius 3 is 2.07 bits per heavy atom. The number of benzene rings is 9. The van der Waals surface area contributed by atoms with Crippen LogP contribution in [0.3, 0.4) is 0 Å². The molecule has 2 unspecified atom stereocenters. The SMILES string of the molecule is Cc1cc2c3c(c1)N1c4c(cccc4C4(C)CCCCC14C)B3c1ccc(N(c3cccc(-c4cccc5ccccc45)c3)c3ccc(C(C)(C)C)cc3-c3ccccc3)cc1N2c1ccccc1. The summed E-state index contributed by atoms with van der Waals surface area (Å²) in [5, 5.41) is 2.50. The van der Waals surface area contributed by atoms with Crippen LogP contribution in [0.5, 0.6) is 0 Å². The summed E-state index contributed by atoms with van der Waals surface area (Å²) in [5.74, 6) is 0. The van der Waals surface area contributed by atoms with E-state index in [4.69, 9.17) is 0 Å². The van der Waals surface area contributed by atoms with Gasteiger partial charge in [-0.1, -0.05) is 174 Å². The first-order chi connectivity index (χ1) is 33.5. The highest BCUT2D eigenvalue weighted by Gasteiger charge is 2.61. The fraction of sp³-hybridized carbons (Fsp3) is 0.200. The van der Waals surface area contributed by atoms with Crippen molar-refractivity contribution >= 4 is 79.4 Å². The Morgan fingerprint density at radius 1 is 0.551 bits per heavy atom. The predicted octanol–water partition coefficient (Wildman–Crippen LogP) is 15.6.